The van der Waals surface area contributed by atoms with E-state index in [9.17, 15) is 19.7 Å². The molecule has 1 N–H and O–H groups in total. The number of non-ortho nitro benzene ring substituents is 1. The van der Waals surface area contributed by atoms with Gasteiger partial charge in [0.25, 0.3) is 11.6 Å². The third-order valence-corrected chi connectivity index (χ3v) is 4.45. The van der Waals surface area contributed by atoms with Gasteiger partial charge in [0.2, 0.25) is 0 Å². The van der Waals surface area contributed by atoms with Crippen molar-refractivity contribution in [3.8, 4) is 5.75 Å². The number of hydrogen-bond donors (Lipinski definition) is 1. The highest BCUT2D eigenvalue weighted by atomic mass is 35.5. The van der Waals surface area contributed by atoms with Gasteiger partial charge in [0.1, 0.15) is 5.75 Å². The zero-order chi connectivity index (χ0) is 20.8. The summed E-state index contributed by atoms with van der Waals surface area (Å²) in [7, 11) is 0. The van der Waals surface area contributed by atoms with Gasteiger partial charge >= 0.3 is 5.97 Å². The monoisotopic (exact) mass is 466 g/mol. The highest BCUT2D eigenvalue weighted by Gasteiger charge is 2.14. The Morgan fingerprint density at radius 1 is 0.964 bits per heavy atom. The summed E-state index contributed by atoms with van der Waals surface area (Å²) in [5, 5.41) is 13.5. The number of nitro benzene ring substituents is 1. The number of hydrogen-bond acceptors (Lipinski definition) is 6. The van der Waals surface area contributed by atoms with Crippen LogP contribution in [0.15, 0.2) is 30.3 Å². The molecule has 0 aliphatic rings. The van der Waals surface area contributed by atoms with Crippen LogP contribution in [-0.2, 0) is 14.3 Å². The van der Waals surface area contributed by atoms with E-state index in [-0.39, 0.29) is 37.2 Å². The highest BCUT2D eigenvalue weighted by molar-refractivity contribution is 6.43. The molecular weight excluding hydrogens is 458 g/mol. The molecule has 0 unspecified atom stereocenters. The lowest BCUT2D eigenvalue weighted by molar-refractivity contribution is -0.384. The van der Waals surface area contributed by atoms with Gasteiger partial charge in [-0.3, -0.25) is 14.9 Å². The van der Waals surface area contributed by atoms with Crippen LogP contribution >= 0.6 is 46.4 Å². The number of nitrogens with one attached hydrogen (secondary N) is 1. The van der Waals surface area contributed by atoms with Gasteiger partial charge in [0.15, 0.2) is 13.2 Å². The standard InChI is InChI=1S/C16H10Cl4N2O6/c17-9-4-12(20)14(5-10(9)18)27-7-16(24)28-6-15(23)21-13-2-1-8(22(25)26)3-11(13)19/h1-5H,6-7H2,(H,21,23). The molecule has 0 saturated carbocycles. The maximum Gasteiger partial charge on any atom is 0.344 e. The molecule has 12 heteroatoms. The average Bonchev–Trinajstić information content (AvgIpc) is 2.63. The molecule has 148 valence electrons. The topological polar surface area (TPSA) is 108 Å². The predicted molar refractivity (Wildman–Crippen MR) is 105 cm³/mol. The van der Waals surface area contributed by atoms with Gasteiger partial charge in [-0.25, -0.2) is 4.79 Å². The van der Waals surface area contributed by atoms with E-state index in [1.807, 2.05) is 0 Å². The van der Waals surface area contributed by atoms with Gasteiger partial charge < -0.3 is 14.8 Å². The molecule has 0 atom stereocenters. The van der Waals surface area contributed by atoms with Crippen molar-refractivity contribution in [1.29, 1.82) is 0 Å². The molecule has 0 fully saturated rings. The molecule has 2 aromatic carbocycles. The zero-order valence-corrected chi connectivity index (χ0v) is 16.7. The number of carbonyl (C=O) groups is 2. The lowest BCUT2D eigenvalue weighted by atomic mass is 10.3. The Labute approximate surface area is 178 Å². The van der Waals surface area contributed by atoms with Gasteiger partial charge in [-0.1, -0.05) is 46.4 Å². The Kier molecular flexibility index (Phi) is 7.70. The first kappa shape index (κ1) is 22.0. The number of nitro groups is 1. The molecule has 0 aromatic heterocycles. The third kappa shape index (κ3) is 6.13. The van der Waals surface area contributed by atoms with Gasteiger partial charge in [-0.2, -0.15) is 0 Å². The first-order valence-electron chi connectivity index (χ1n) is 7.34. The largest absolute Gasteiger partial charge is 0.480 e. The maximum absolute atomic E-state index is 11.8. The highest BCUT2D eigenvalue weighted by Crippen LogP contribution is 2.33. The van der Waals surface area contributed by atoms with Crippen molar-refractivity contribution in [3.63, 3.8) is 0 Å². The number of benzene rings is 2. The van der Waals surface area contributed by atoms with Crippen LogP contribution in [0.2, 0.25) is 20.1 Å². The Hall–Kier alpha value is -2.26. The van der Waals surface area contributed by atoms with Crippen LogP contribution in [0.25, 0.3) is 0 Å². The number of carbonyl (C=O) groups excluding carboxylic acids is 2. The molecule has 0 bridgehead atoms. The fourth-order valence-corrected chi connectivity index (χ4v) is 2.66. The summed E-state index contributed by atoms with van der Waals surface area (Å²) >= 11 is 23.4. The minimum Gasteiger partial charge on any atom is -0.480 e. The van der Waals surface area contributed by atoms with Crippen LogP contribution < -0.4 is 10.1 Å². The van der Waals surface area contributed by atoms with Crippen molar-refractivity contribution in [2.75, 3.05) is 18.5 Å². The lowest BCUT2D eigenvalue weighted by Gasteiger charge is -2.10. The van der Waals surface area contributed by atoms with Gasteiger partial charge in [0, 0.05) is 18.2 Å². The zero-order valence-electron chi connectivity index (χ0n) is 13.7. The molecule has 0 saturated heterocycles. The van der Waals surface area contributed by atoms with E-state index in [1.165, 1.54) is 24.3 Å². The maximum atomic E-state index is 11.8. The van der Waals surface area contributed by atoms with Gasteiger partial charge in [-0.05, 0) is 12.1 Å². The average molecular weight is 468 g/mol. The summed E-state index contributed by atoms with van der Waals surface area (Å²) in [4.78, 5) is 33.5. The molecule has 1 amide bonds. The summed E-state index contributed by atoms with van der Waals surface area (Å²) < 4.78 is 9.94. The van der Waals surface area contributed by atoms with Gasteiger partial charge in [-0.15, -0.1) is 0 Å². The molecule has 2 aromatic rings. The van der Waals surface area contributed by atoms with E-state index >= 15 is 0 Å². The summed E-state index contributed by atoms with van der Waals surface area (Å²) in [6.07, 6.45) is 0. The van der Waals surface area contributed by atoms with Crippen molar-refractivity contribution in [2.45, 2.75) is 0 Å². The van der Waals surface area contributed by atoms with Crippen LogP contribution in [0.1, 0.15) is 0 Å². The SMILES string of the molecule is O=C(COC(=O)COc1cc(Cl)c(Cl)cc1Cl)Nc1ccc([N+](=O)[O-])cc1Cl. The first-order valence-corrected chi connectivity index (χ1v) is 8.85. The number of rotatable bonds is 7. The molecule has 0 heterocycles. The van der Waals surface area contributed by atoms with E-state index in [1.54, 1.807) is 0 Å². The van der Waals surface area contributed by atoms with Crippen molar-refractivity contribution in [2.24, 2.45) is 0 Å². The number of anilines is 1. The Morgan fingerprint density at radius 3 is 2.29 bits per heavy atom. The summed E-state index contributed by atoms with van der Waals surface area (Å²) in [6.45, 7) is -1.14. The molecule has 0 aliphatic carbocycles. The summed E-state index contributed by atoms with van der Waals surface area (Å²) in [5.74, 6) is -1.42. The lowest BCUT2D eigenvalue weighted by Crippen LogP contribution is -2.23. The van der Waals surface area contributed by atoms with Crippen LogP contribution in [0, 0.1) is 10.1 Å². The van der Waals surface area contributed by atoms with E-state index in [4.69, 9.17) is 55.9 Å². The predicted octanol–water partition coefficient (Wildman–Crippen LogP) is 4.77. The number of ether oxygens (including phenoxy) is 2. The van der Waals surface area contributed by atoms with E-state index in [0.717, 1.165) is 6.07 Å². The second-order valence-electron chi connectivity index (χ2n) is 5.12. The fourth-order valence-electron chi connectivity index (χ4n) is 1.84. The molecule has 8 nitrogen and oxygen atoms in total. The van der Waals surface area contributed by atoms with E-state index in [2.05, 4.69) is 5.32 Å². The summed E-state index contributed by atoms with van der Waals surface area (Å²) in [5.41, 5.74) is -0.0975. The van der Waals surface area contributed by atoms with E-state index in [0.29, 0.717) is 0 Å². The Balaban J connectivity index is 1.83. The van der Waals surface area contributed by atoms with Gasteiger partial charge in [0.05, 0.1) is 30.7 Å². The second-order valence-corrected chi connectivity index (χ2v) is 6.74. The van der Waals surface area contributed by atoms with Crippen LogP contribution in [0.3, 0.4) is 0 Å². The van der Waals surface area contributed by atoms with Crippen LogP contribution in [0.5, 0.6) is 5.75 Å². The first-order chi connectivity index (χ1) is 13.2. The minimum absolute atomic E-state index is 0.0357. The number of nitrogens with zero attached hydrogens (tertiary/aromatic N) is 1. The van der Waals surface area contributed by atoms with Crippen molar-refractivity contribution in [1.82, 2.24) is 0 Å². The Morgan fingerprint density at radius 2 is 1.64 bits per heavy atom. The van der Waals surface area contributed by atoms with E-state index < -0.39 is 30.0 Å². The number of esters is 1. The molecule has 28 heavy (non-hydrogen) atoms. The Bertz CT molecular complexity index is 938. The van der Waals surface area contributed by atoms with Crippen molar-refractivity contribution >= 4 is 69.7 Å². The second kappa shape index (κ2) is 9.79. The van der Waals surface area contributed by atoms with Crippen LogP contribution in [0.4, 0.5) is 11.4 Å². The van der Waals surface area contributed by atoms with Crippen LogP contribution in [-0.4, -0.2) is 30.0 Å². The molecule has 2 rings (SSSR count). The normalized spacial score (nSPS) is 10.3. The van der Waals surface area contributed by atoms with Crippen molar-refractivity contribution < 1.29 is 24.0 Å². The molecular formula is C16H10Cl4N2O6. The number of amides is 1. The minimum atomic E-state index is -0.841. The molecule has 0 spiro atoms. The van der Waals surface area contributed by atoms with Crippen molar-refractivity contribution in [3.05, 3.63) is 60.5 Å². The quantitative estimate of drug-likeness (QED) is 0.272. The fraction of sp³-hybridized carbons (Fsp3) is 0.125. The molecule has 0 radical (unpaired) electrons. The summed E-state index contributed by atoms with van der Waals surface area (Å²) in [6, 6.07) is 6.20. The number of halogens is 4. The third-order valence-electron chi connectivity index (χ3n) is 3.12. The molecule has 0 aliphatic heterocycles. The smallest absolute Gasteiger partial charge is 0.344 e.